The fraction of sp³-hybridized carbons (Fsp3) is 0.420. The molecule has 5 atom stereocenters. The van der Waals surface area contributed by atoms with Crippen molar-refractivity contribution in [3.63, 3.8) is 0 Å². The number of aryl methyl sites for hydroxylation is 1. The van der Waals surface area contributed by atoms with E-state index in [0.717, 1.165) is 56.2 Å². The van der Waals surface area contributed by atoms with Crippen molar-refractivity contribution in [3.8, 4) is 22.4 Å². The molecule has 66 heavy (non-hydrogen) atoms. The number of benzene rings is 2. The predicted octanol–water partition coefficient (Wildman–Crippen LogP) is 5.94. The van der Waals surface area contributed by atoms with Gasteiger partial charge in [0.25, 0.3) is 11.8 Å². The van der Waals surface area contributed by atoms with Gasteiger partial charge in [-0.3, -0.25) is 34.0 Å². The van der Waals surface area contributed by atoms with E-state index in [2.05, 4.69) is 77.2 Å². The number of rotatable bonds is 9. The maximum atomic E-state index is 14.8. The number of pyridine rings is 1. The number of imidazole rings is 1. The molecule has 1 fully saturated rings. The molecule has 346 valence electrons. The van der Waals surface area contributed by atoms with Crippen LogP contribution in [0, 0.1) is 11.3 Å². The third kappa shape index (κ3) is 8.27. The molecule has 0 radical (unpaired) electrons. The van der Waals surface area contributed by atoms with Crippen molar-refractivity contribution in [2.45, 2.75) is 90.6 Å². The summed E-state index contributed by atoms with van der Waals surface area (Å²) in [7, 11) is 4.80. The second kappa shape index (κ2) is 18.3. The van der Waals surface area contributed by atoms with Crippen LogP contribution in [0.2, 0.25) is 0 Å². The molecular formula is C50H59N9O7. The Morgan fingerprint density at radius 3 is 2.59 bits per heavy atom. The van der Waals surface area contributed by atoms with E-state index >= 15 is 0 Å². The van der Waals surface area contributed by atoms with Crippen molar-refractivity contribution < 1.29 is 33.4 Å². The van der Waals surface area contributed by atoms with Gasteiger partial charge in [-0.05, 0) is 78.3 Å². The molecule has 1 unspecified atom stereocenters. The highest BCUT2D eigenvalue weighted by molar-refractivity contribution is 6.00. The van der Waals surface area contributed by atoms with E-state index in [1.165, 1.54) is 27.7 Å². The van der Waals surface area contributed by atoms with Crippen LogP contribution in [0.25, 0.3) is 33.3 Å². The third-order valence-corrected chi connectivity index (χ3v) is 13.4. The number of likely N-dealkylation sites (N-methyl/N-ethyl adjacent to an activating group) is 1. The third-order valence-electron chi connectivity index (χ3n) is 13.4. The summed E-state index contributed by atoms with van der Waals surface area (Å²) >= 11 is 0. The molecule has 1 aliphatic carbocycles. The quantitative estimate of drug-likeness (QED) is 0.118. The summed E-state index contributed by atoms with van der Waals surface area (Å²) in [6, 6.07) is 15.5. The number of hydrazine groups is 1. The number of anilines is 1. The Bertz CT molecular complexity index is 2740. The Kier molecular flexibility index (Phi) is 12.7. The van der Waals surface area contributed by atoms with E-state index in [4.69, 9.17) is 14.5 Å². The van der Waals surface area contributed by atoms with Crippen LogP contribution in [0.4, 0.5) is 5.82 Å². The van der Waals surface area contributed by atoms with Gasteiger partial charge in [-0.2, -0.15) is 0 Å². The Labute approximate surface area is 384 Å². The average Bonchev–Trinajstić information content (AvgIpc) is 3.84. The van der Waals surface area contributed by atoms with Gasteiger partial charge >= 0.3 is 5.97 Å². The standard InChI is InChI=1S/C50H59N9O7/c1-10-38(60)54-37-26-52-45(56(37)7)48(63)57(8)42(28(3)4)46(61)53-35-24-29-15-12-16-30(23-29)31-19-20-36-33(25-31)39-40(44(65-9)41-32(17-13-21-51-41)43(39)58(36)11-2)50(5,6)27-66-49(64)34-18-14-22-59(55-34)47(35)62/h10,12-13,15-17,19-21,23,25-26,28,34-35,40,42,44,55H,1,11,14,18,22,24,27H2,2-9H3,(H,53,61)(H,54,60)/t34-,35-,40?,42-,44-/m0/s1. The minimum atomic E-state index is -1.10. The Morgan fingerprint density at radius 1 is 1.09 bits per heavy atom. The van der Waals surface area contributed by atoms with Crippen LogP contribution < -0.4 is 16.1 Å². The zero-order valence-corrected chi connectivity index (χ0v) is 38.9. The van der Waals surface area contributed by atoms with Crippen LogP contribution in [0.3, 0.4) is 0 Å². The number of amides is 4. The number of fused-ring (bicyclic) bond motifs is 8. The number of ether oxygens (including phenoxy) is 2. The number of nitrogens with zero attached hydrogens (tertiary/aromatic N) is 6. The van der Waals surface area contributed by atoms with E-state index in [1.807, 2.05) is 44.2 Å². The summed E-state index contributed by atoms with van der Waals surface area (Å²) in [5, 5.41) is 8.11. The predicted molar refractivity (Wildman–Crippen MR) is 250 cm³/mol. The van der Waals surface area contributed by atoms with Gasteiger partial charge in [-0.1, -0.05) is 64.6 Å². The van der Waals surface area contributed by atoms with Crippen molar-refractivity contribution >= 4 is 46.3 Å². The first-order chi connectivity index (χ1) is 31.6. The van der Waals surface area contributed by atoms with Crippen molar-refractivity contribution in [2.24, 2.45) is 18.4 Å². The lowest BCUT2D eigenvalue weighted by Crippen LogP contribution is -2.62. The normalized spacial score (nSPS) is 20.8. The monoisotopic (exact) mass is 897 g/mol. The number of hydrogen-bond donors (Lipinski definition) is 3. The molecule has 1 saturated heterocycles. The molecule has 3 aliphatic rings. The molecular weight excluding hydrogens is 839 g/mol. The fourth-order valence-electron chi connectivity index (χ4n) is 10.1. The molecule has 3 aromatic heterocycles. The van der Waals surface area contributed by atoms with Crippen molar-refractivity contribution in [1.82, 2.24) is 39.8 Å². The first-order valence-electron chi connectivity index (χ1n) is 22.6. The highest BCUT2D eigenvalue weighted by Crippen LogP contribution is 2.57. The van der Waals surface area contributed by atoms with Crippen molar-refractivity contribution in [2.75, 3.05) is 32.6 Å². The number of esters is 1. The zero-order valence-electron chi connectivity index (χ0n) is 38.9. The van der Waals surface area contributed by atoms with Gasteiger partial charge < -0.3 is 34.1 Å². The SMILES string of the molecule is C=CC(=O)Nc1cnc(C(=O)N(C)[C@H](C(=O)N[C@H]2Cc3cccc(c3)-c3ccc4c(c3)c3c(n4CC)-c4cccnc4[C@@H](OC)C3C(C)(C)COC(=O)[C@@H]3CCCN(N3)C2=O)C(C)C)n1C. The lowest BCUT2D eigenvalue weighted by molar-refractivity contribution is -0.156. The molecule has 3 N–H and O–H groups in total. The zero-order chi connectivity index (χ0) is 47.2. The lowest BCUT2D eigenvalue weighted by atomic mass is 9.67. The van der Waals surface area contributed by atoms with Crippen LogP contribution in [0.15, 0.2) is 79.6 Å². The summed E-state index contributed by atoms with van der Waals surface area (Å²) < 4.78 is 16.4. The molecule has 2 aromatic carbocycles. The molecule has 5 heterocycles. The number of carbonyl (C=O) groups excluding carboxylic acids is 5. The molecule has 6 bridgehead atoms. The molecule has 16 heteroatoms. The van der Waals surface area contributed by atoms with Crippen molar-refractivity contribution in [3.05, 3.63) is 102 Å². The van der Waals surface area contributed by atoms with Crippen LogP contribution in [0.1, 0.15) is 86.9 Å². The maximum absolute atomic E-state index is 14.8. The number of carbonyl (C=O) groups is 5. The van der Waals surface area contributed by atoms with E-state index in [-0.39, 0.29) is 36.5 Å². The fourth-order valence-corrected chi connectivity index (χ4v) is 10.1. The Morgan fingerprint density at radius 2 is 1.86 bits per heavy atom. The summed E-state index contributed by atoms with van der Waals surface area (Å²) in [6.45, 7) is 14.5. The van der Waals surface area contributed by atoms with Crippen molar-refractivity contribution in [1.29, 1.82) is 0 Å². The van der Waals surface area contributed by atoms with Gasteiger partial charge in [0, 0.05) is 74.7 Å². The highest BCUT2D eigenvalue weighted by Gasteiger charge is 2.48. The summed E-state index contributed by atoms with van der Waals surface area (Å²) in [5.74, 6) is -2.87. The second-order valence-corrected chi connectivity index (χ2v) is 18.5. The molecule has 5 aromatic rings. The molecule has 2 aliphatic heterocycles. The summed E-state index contributed by atoms with van der Waals surface area (Å²) in [6.07, 6.45) is 4.89. The minimum Gasteiger partial charge on any atom is -0.464 e. The van der Waals surface area contributed by atoms with E-state index < -0.39 is 59.2 Å². The van der Waals surface area contributed by atoms with Gasteiger partial charge in [0.15, 0.2) is 0 Å². The minimum absolute atomic E-state index is 0.000865. The average molecular weight is 898 g/mol. The van der Waals surface area contributed by atoms with Gasteiger partial charge in [0.2, 0.25) is 17.6 Å². The smallest absolute Gasteiger partial charge is 0.324 e. The van der Waals surface area contributed by atoms with Gasteiger partial charge in [0.05, 0.1) is 24.2 Å². The van der Waals surface area contributed by atoms with Gasteiger partial charge in [-0.15, -0.1) is 0 Å². The van der Waals surface area contributed by atoms with Crippen LogP contribution in [-0.2, 0) is 48.7 Å². The maximum Gasteiger partial charge on any atom is 0.324 e. The van der Waals surface area contributed by atoms with Gasteiger partial charge in [-0.25, -0.2) is 10.4 Å². The number of hydrogen-bond acceptors (Lipinski definition) is 10. The van der Waals surface area contributed by atoms with Gasteiger partial charge in [0.1, 0.15) is 30.0 Å². The summed E-state index contributed by atoms with van der Waals surface area (Å²) in [4.78, 5) is 79.8. The Hall–Kier alpha value is -6.65. The number of methoxy groups -OCH3 is 1. The molecule has 0 saturated carbocycles. The molecule has 4 amide bonds. The molecule has 8 rings (SSSR count). The lowest BCUT2D eigenvalue weighted by Gasteiger charge is -2.42. The molecule has 16 nitrogen and oxygen atoms in total. The van der Waals surface area contributed by atoms with E-state index in [0.29, 0.717) is 25.9 Å². The first-order valence-corrected chi connectivity index (χ1v) is 22.6. The number of cyclic esters (lactones) is 1. The van der Waals surface area contributed by atoms with E-state index in [1.54, 1.807) is 20.4 Å². The molecule has 0 spiro atoms. The Balaban J connectivity index is 1.20. The van der Waals surface area contributed by atoms with Crippen LogP contribution in [-0.4, -0.2) is 104 Å². The second-order valence-electron chi connectivity index (χ2n) is 18.5. The number of aromatic nitrogens is 4. The first kappa shape index (κ1) is 45.9. The summed E-state index contributed by atoms with van der Waals surface area (Å²) in [5.41, 5.74) is 10.3. The topological polar surface area (TPSA) is 182 Å². The van der Waals surface area contributed by atoms with Crippen LogP contribution in [0.5, 0.6) is 0 Å². The number of nitrogens with one attached hydrogen (secondary N) is 3. The van der Waals surface area contributed by atoms with E-state index in [9.17, 15) is 24.0 Å². The largest absolute Gasteiger partial charge is 0.464 e. The van der Waals surface area contributed by atoms with Crippen LogP contribution >= 0.6 is 0 Å². The highest BCUT2D eigenvalue weighted by atomic mass is 16.5.